The van der Waals surface area contributed by atoms with Crippen LogP contribution in [0.3, 0.4) is 0 Å². The van der Waals surface area contributed by atoms with Gasteiger partial charge < -0.3 is 0 Å². The van der Waals surface area contributed by atoms with Gasteiger partial charge in [0.25, 0.3) is 6.43 Å². The molecule has 3 aromatic rings. The normalized spacial score (nSPS) is 11.2. The molecule has 0 saturated heterocycles. The number of benzene rings is 1. The first-order valence-corrected chi connectivity index (χ1v) is 5.92. The number of rotatable bonds is 4. The minimum absolute atomic E-state index is 0.135. The summed E-state index contributed by atoms with van der Waals surface area (Å²) in [6.45, 7) is 0.135. The molecule has 0 aliphatic carbocycles. The van der Waals surface area contributed by atoms with Gasteiger partial charge in [-0.1, -0.05) is 23.4 Å². The lowest BCUT2D eigenvalue weighted by atomic mass is 10.3. The van der Waals surface area contributed by atoms with E-state index in [2.05, 4.69) is 21.5 Å². The molecule has 0 aliphatic rings. The standard InChI is InChI=1S/C13H10F2N5/c14-13(15)12-6-7-16-20(12)9-10-8-19(18-17-10)11-4-2-1-3-5-11/h1-5,7-8,13H,9H2. The number of hydrogen-bond donors (Lipinski definition) is 0. The van der Waals surface area contributed by atoms with E-state index in [1.54, 1.807) is 10.9 Å². The fourth-order valence-corrected chi connectivity index (χ4v) is 1.83. The molecular weight excluding hydrogens is 264 g/mol. The van der Waals surface area contributed by atoms with Crippen LogP contribution >= 0.6 is 0 Å². The Hall–Kier alpha value is -2.57. The van der Waals surface area contributed by atoms with E-state index < -0.39 is 6.43 Å². The van der Waals surface area contributed by atoms with Crippen LogP contribution in [0, 0.1) is 6.07 Å². The molecule has 1 radical (unpaired) electrons. The zero-order chi connectivity index (χ0) is 13.9. The van der Waals surface area contributed by atoms with Crippen molar-refractivity contribution in [2.45, 2.75) is 13.0 Å². The summed E-state index contributed by atoms with van der Waals surface area (Å²) in [5, 5.41) is 11.7. The third-order valence-electron chi connectivity index (χ3n) is 2.77. The molecule has 0 N–H and O–H groups in total. The molecule has 7 heteroatoms. The molecule has 1 aromatic carbocycles. The first-order valence-electron chi connectivity index (χ1n) is 5.92. The molecule has 0 fully saturated rings. The third kappa shape index (κ3) is 2.42. The Morgan fingerprint density at radius 2 is 2.00 bits per heavy atom. The molecule has 0 unspecified atom stereocenters. The number of aromatic nitrogens is 5. The average molecular weight is 274 g/mol. The highest BCUT2D eigenvalue weighted by Crippen LogP contribution is 2.18. The van der Waals surface area contributed by atoms with E-state index in [4.69, 9.17) is 0 Å². The van der Waals surface area contributed by atoms with Crippen LogP contribution in [0.2, 0.25) is 0 Å². The van der Waals surface area contributed by atoms with Gasteiger partial charge in [-0.05, 0) is 12.1 Å². The molecule has 0 aliphatic heterocycles. The number of alkyl halides is 2. The summed E-state index contributed by atoms with van der Waals surface area (Å²) in [5.41, 5.74) is 1.15. The van der Waals surface area contributed by atoms with Crippen LogP contribution in [0.5, 0.6) is 0 Å². The summed E-state index contributed by atoms with van der Waals surface area (Å²) in [5.74, 6) is 0. The number of para-hydroxylation sites is 1. The highest BCUT2D eigenvalue weighted by molar-refractivity contribution is 5.29. The Morgan fingerprint density at radius 1 is 1.20 bits per heavy atom. The molecule has 5 nitrogen and oxygen atoms in total. The summed E-state index contributed by atoms with van der Waals surface area (Å²) in [4.78, 5) is 0. The molecule has 0 amide bonds. The van der Waals surface area contributed by atoms with Crippen molar-refractivity contribution < 1.29 is 8.78 Å². The maximum atomic E-state index is 12.7. The van der Waals surface area contributed by atoms with Gasteiger partial charge >= 0.3 is 0 Å². The van der Waals surface area contributed by atoms with Gasteiger partial charge in [0.05, 0.1) is 24.6 Å². The lowest BCUT2D eigenvalue weighted by molar-refractivity contribution is 0.139. The van der Waals surface area contributed by atoms with Crippen molar-refractivity contribution in [2.24, 2.45) is 0 Å². The molecule has 0 spiro atoms. The maximum Gasteiger partial charge on any atom is 0.280 e. The van der Waals surface area contributed by atoms with Gasteiger partial charge in [0.2, 0.25) is 0 Å². The van der Waals surface area contributed by atoms with E-state index >= 15 is 0 Å². The van der Waals surface area contributed by atoms with Crippen LogP contribution in [0.25, 0.3) is 5.69 Å². The van der Waals surface area contributed by atoms with Gasteiger partial charge in [-0.3, -0.25) is 4.68 Å². The van der Waals surface area contributed by atoms with Crippen LogP contribution in [0.4, 0.5) is 8.78 Å². The van der Waals surface area contributed by atoms with E-state index in [0.717, 1.165) is 5.69 Å². The molecule has 3 rings (SSSR count). The summed E-state index contributed by atoms with van der Waals surface area (Å²) in [7, 11) is 0. The van der Waals surface area contributed by atoms with Crippen LogP contribution in [0.1, 0.15) is 17.8 Å². The third-order valence-corrected chi connectivity index (χ3v) is 2.77. The first-order chi connectivity index (χ1) is 9.74. The van der Waals surface area contributed by atoms with Crippen molar-refractivity contribution in [1.82, 2.24) is 24.8 Å². The Kier molecular flexibility index (Phi) is 3.24. The zero-order valence-electron chi connectivity index (χ0n) is 10.3. The lowest BCUT2D eigenvalue weighted by Gasteiger charge is -2.03. The Morgan fingerprint density at radius 3 is 2.75 bits per heavy atom. The molecule has 0 saturated carbocycles. The quantitative estimate of drug-likeness (QED) is 0.733. The van der Waals surface area contributed by atoms with Crippen LogP contribution in [-0.2, 0) is 6.54 Å². The summed E-state index contributed by atoms with van der Waals surface area (Å²) in [6.07, 6.45) is 0.303. The van der Waals surface area contributed by atoms with E-state index in [-0.39, 0.29) is 12.2 Å². The van der Waals surface area contributed by atoms with Gasteiger partial charge in [-0.2, -0.15) is 5.10 Å². The maximum absolute atomic E-state index is 12.7. The van der Waals surface area contributed by atoms with E-state index in [1.807, 2.05) is 30.3 Å². The van der Waals surface area contributed by atoms with E-state index in [9.17, 15) is 8.78 Å². The summed E-state index contributed by atoms with van der Waals surface area (Å²) in [6, 6.07) is 11.8. The largest absolute Gasteiger partial charge is 0.280 e. The average Bonchev–Trinajstić information content (AvgIpc) is 3.09. The van der Waals surface area contributed by atoms with Crippen LogP contribution < -0.4 is 0 Å². The second-order valence-electron chi connectivity index (χ2n) is 4.12. The highest BCUT2D eigenvalue weighted by atomic mass is 19.3. The Labute approximate surface area is 113 Å². The van der Waals surface area contributed by atoms with Gasteiger partial charge in [0.1, 0.15) is 11.4 Å². The topological polar surface area (TPSA) is 48.5 Å². The van der Waals surface area contributed by atoms with Gasteiger partial charge in [0.15, 0.2) is 0 Å². The Bertz CT molecular complexity index is 690. The monoisotopic (exact) mass is 274 g/mol. The number of hydrogen-bond acceptors (Lipinski definition) is 3. The molecule has 20 heavy (non-hydrogen) atoms. The van der Waals surface area contributed by atoms with E-state index in [1.165, 1.54) is 10.9 Å². The van der Waals surface area contributed by atoms with Gasteiger partial charge in [0, 0.05) is 6.07 Å². The van der Waals surface area contributed by atoms with E-state index in [0.29, 0.717) is 5.69 Å². The predicted octanol–water partition coefficient (Wildman–Crippen LogP) is 2.25. The van der Waals surface area contributed by atoms with Gasteiger partial charge in [-0.25, -0.2) is 13.5 Å². The molecule has 2 heterocycles. The number of halogens is 2. The molecular formula is C13H10F2N5. The molecule has 0 atom stereocenters. The lowest BCUT2D eigenvalue weighted by Crippen LogP contribution is -2.07. The summed E-state index contributed by atoms with van der Waals surface area (Å²) < 4.78 is 28.2. The minimum atomic E-state index is -2.61. The van der Waals surface area contributed by atoms with Crippen molar-refractivity contribution in [3.8, 4) is 5.69 Å². The van der Waals surface area contributed by atoms with Crippen molar-refractivity contribution in [2.75, 3.05) is 0 Å². The number of nitrogens with zero attached hydrogens (tertiary/aromatic N) is 5. The predicted molar refractivity (Wildman–Crippen MR) is 66.5 cm³/mol. The van der Waals surface area contributed by atoms with Gasteiger partial charge in [-0.15, -0.1) is 5.10 Å². The van der Waals surface area contributed by atoms with Crippen molar-refractivity contribution in [3.05, 3.63) is 60.2 Å². The minimum Gasteiger partial charge on any atom is -0.257 e. The van der Waals surface area contributed by atoms with Crippen molar-refractivity contribution in [3.63, 3.8) is 0 Å². The molecule has 101 valence electrons. The second-order valence-corrected chi connectivity index (χ2v) is 4.12. The zero-order valence-corrected chi connectivity index (χ0v) is 10.3. The highest BCUT2D eigenvalue weighted by Gasteiger charge is 2.15. The van der Waals surface area contributed by atoms with Crippen molar-refractivity contribution in [1.29, 1.82) is 0 Å². The van der Waals surface area contributed by atoms with Crippen LogP contribution in [0.15, 0.2) is 42.7 Å². The molecule has 0 bridgehead atoms. The second kappa shape index (κ2) is 5.20. The fourth-order valence-electron chi connectivity index (χ4n) is 1.83. The van der Waals surface area contributed by atoms with Crippen molar-refractivity contribution >= 4 is 0 Å². The fraction of sp³-hybridized carbons (Fsp3) is 0.154. The Balaban J connectivity index is 1.83. The molecule has 2 aromatic heterocycles. The smallest absolute Gasteiger partial charge is 0.257 e. The summed E-state index contributed by atoms with van der Waals surface area (Å²) >= 11 is 0. The first kappa shape index (κ1) is 12.5. The van der Waals surface area contributed by atoms with Crippen LogP contribution in [-0.4, -0.2) is 24.8 Å². The SMILES string of the molecule is FC(F)c1[c]cnn1Cc1cn(-c2ccccc2)nn1.